The van der Waals surface area contributed by atoms with Gasteiger partial charge in [0.25, 0.3) is 0 Å². The predicted molar refractivity (Wildman–Crippen MR) is 134 cm³/mol. The molecule has 1 atom stereocenters. The van der Waals surface area contributed by atoms with Crippen molar-refractivity contribution < 1.29 is 22.7 Å². The molecule has 0 saturated carbocycles. The van der Waals surface area contributed by atoms with Crippen LogP contribution < -0.4 is 14.4 Å². The molecule has 0 heterocycles. The Bertz CT molecular complexity index is 1050. The highest BCUT2D eigenvalue weighted by Crippen LogP contribution is 2.23. The molecule has 8 nitrogen and oxygen atoms in total. The van der Waals surface area contributed by atoms with Crippen molar-refractivity contribution in [3.63, 3.8) is 0 Å². The van der Waals surface area contributed by atoms with Gasteiger partial charge in [0.1, 0.15) is 18.3 Å². The van der Waals surface area contributed by atoms with Gasteiger partial charge < -0.3 is 15.0 Å². The molecule has 0 spiro atoms. The summed E-state index contributed by atoms with van der Waals surface area (Å²) in [7, 11) is -3.77. The van der Waals surface area contributed by atoms with Gasteiger partial charge in [0.15, 0.2) is 0 Å². The largest absolute Gasteiger partial charge is 0.494 e. The van der Waals surface area contributed by atoms with Crippen molar-refractivity contribution in [3.05, 3.63) is 59.7 Å². The average molecular weight is 490 g/mol. The van der Waals surface area contributed by atoms with Gasteiger partial charge in [-0.05, 0) is 57.0 Å². The smallest absolute Gasteiger partial charge is 0.244 e. The molecule has 0 radical (unpaired) electrons. The van der Waals surface area contributed by atoms with E-state index in [2.05, 4.69) is 5.32 Å². The second-order valence-corrected chi connectivity index (χ2v) is 9.93. The third-order valence-electron chi connectivity index (χ3n) is 5.33. The normalized spacial score (nSPS) is 12.0. The molecule has 0 aliphatic heterocycles. The monoisotopic (exact) mass is 489 g/mol. The van der Waals surface area contributed by atoms with Gasteiger partial charge in [0.2, 0.25) is 21.8 Å². The van der Waals surface area contributed by atoms with Gasteiger partial charge in [-0.1, -0.05) is 36.8 Å². The molecular formula is C25H35N3O5S. The molecule has 186 valence electrons. The molecule has 2 amide bonds. The summed E-state index contributed by atoms with van der Waals surface area (Å²) in [5.74, 6) is -0.121. The fourth-order valence-electron chi connectivity index (χ4n) is 3.59. The van der Waals surface area contributed by atoms with E-state index in [1.807, 2.05) is 52.0 Å². The van der Waals surface area contributed by atoms with Crippen LogP contribution in [0.25, 0.3) is 0 Å². The maximum absolute atomic E-state index is 13.5. The van der Waals surface area contributed by atoms with E-state index >= 15 is 0 Å². The highest BCUT2D eigenvalue weighted by Gasteiger charge is 2.31. The lowest BCUT2D eigenvalue weighted by Crippen LogP contribution is -2.52. The lowest BCUT2D eigenvalue weighted by atomic mass is 10.1. The zero-order valence-corrected chi connectivity index (χ0v) is 21.4. The second kappa shape index (κ2) is 12.4. The van der Waals surface area contributed by atoms with Crippen LogP contribution in [0.15, 0.2) is 48.5 Å². The summed E-state index contributed by atoms with van der Waals surface area (Å²) in [6.07, 6.45) is 1.45. The quantitative estimate of drug-likeness (QED) is 0.494. The Morgan fingerprint density at radius 1 is 1.00 bits per heavy atom. The van der Waals surface area contributed by atoms with Gasteiger partial charge in [-0.3, -0.25) is 13.9 Å². The topological polar surface area (TPSA) is 96.0 Å². The van der Waals surface area contributed by atoms with Crippen molar-refractivity contribution in [3.8, 4) is 5.75 Å². The molecule has 2 aromatic rings. The number of amides is 2. The number of carbonyl (C=O) groups is 2. The number of nitrogens with one attached hydrogen (secondary N) is 1. The van der Waals surface area contributed by atoms with Gasteiger partial charge in [0.05, 0.1) is 18.6 Å². The van der Waals surface area contributed by atoms with E-state index < -0.39 is 28.5 Å². The number of ether oxygens (including phenoxy) is 1. The molecule has 34 heavy (non-hydrogen) atoms. The van der Waals surface area contributed by atoms with E-state index in [-0.39, 0.29) is 12.5 Å². The molecule has 0 bridgehead atoms. The number of sulfonamides is 1. The van der Waals surface area contributed by atoms with Crippen molar-refractivity contribution in [1.82, 2.24) is 10.2 Å². The van der Waals surface area contributed by atoms with Crippen molar-refractivity contribution in [2.75, 3.05) is 30.3 Å². The molecule has 9 heteroatoms. The first-order valence-electron chi connectivity index (χ1n) is 11.4. The minimum atomic E-state index is -3.77. The number of nitrogens with zero attached hydrogens (tertiary/aromatic N) is 2. The molecule has 1 N–H and O–H groups in total. The number of rotatable bonds is 12. The lowest BCUT2D eigenvalue weighted by Gasteiger charge is -2.32. The van der Waals surface area contributed by atoms with Crippen LogP contribution >= 0.6 is 0 Å². The molecule has 0 fully saturated rings. The molecule has 0 aliphatic carbocycles. The minimum absolute atomic E-state index is 0.190. The van der Waals surface area contributed by atoms with Crippen molar-refractivity contribution in [2.24, 2.45) is 0 Å². The second-order valence-electron chi connectivity index (χ2n) is 8.02. The number of benzene rings is 2. The third kappa shape index (κ3) is 7.48. The van der Waals surface area contributed by atoms with E-state index in [4.69, 9.17) is 4.74 Å². The van der Waals surface area contributed by atoms with Crippen LogP contribution in [-0.4, -0.2) is 57.1 Å². The zero-order valence-electron chi connectivity index (χ0n) is 20.6. The van der Waals surface area contributed by atoms with Crippen molar-refractivity contribution in [1.29, 1.82) is 0 Å². The SMILES string of the molecule is CCNC(=O)C(CC)N(Cc1ccc(C)cc1)C(=O)CN(c1ccc(OCC)cc1)S(C)(=O)=O. The van der Waals surface area contributed by atoms with Crippen LogP contribution in [0.3, 0.4) is 0 Å². The van der Waals surface area contributed by atoms with Crippen LogP contribution in [0.4, 0.5) is 5.69 Å². The number of anilines is 1. The van der Waals surface area contributed by atoms with Crippen LogP contribution in [0.5, 0.6) is 5.75 Å². The Hall–Kier alpha value is -3.07. The highest BCUT2D eigenvalue weighted by atomic mass is 32.2. The van der Waals surface area contributed by atoms with Gasteiger partial charge in [-0.25, -0.2) is 8.42 Å². The summed E-state index contributed by atoms with van der Waals surface area (Å²) in [6.45, 7) is 8.16. The third-order valence-corrected chi connectivity index (χ3v) is 6.47. The van der Waals surface area contributed by atoms with E-state index in [1.54, 1.807) is 24.3 Å². The number of aryl methyl sites for hydroxylation is 1. The summed E-state index contributed by atoms with van der Waals surface area (Å²) in [5, 5.41) is 2.78. The minimum Gasteiger partial charge on any atom is -0.494 e. The predicted octanol–water partition coefficient (Wildman–Crippen LogP) is 3.10. The molecular weight excluding hydrogens is 454 g/mol. The maximum atomic E-state index is 13.5. The van der Waals surface area contributed by atoms with Gasteiger partial charge in [0, 0.05) is 13.1 Å². The fraction of sp³-hybridized carbons (Fsp3) is 0.440. The Morgan fingerprint density at radius 2 is 1.62 bits per heavy atom. The number of hydrogen-bond donors (Lipinski definition) is 1. The van der Waals surface area contributed by atoms with E-state index in [1.165, 1.54) is 4.90 Å². The molecule has 2 rings (SSSR count). The van der Waals surface area contributed by atoms with Gasteiger partial charge >= 0.3 is 0 Å². The summed E-state index contributed by atoms with van der Waals surface area (Å²) >= 11 is 0. The first kappa shape index (κ1) is 27.2. The number of hydrogen-bond acceptors (Lipinski definition) is 5. The molecule has 0 aliphatic rings. The Balaban J connectivity index is 2.39. The van der Waals surface area contributed by atoms with E-state index in [9.17, 15) is 18.0 Å². The Kier molecular flexibility index (Phi) is 9.92. The van der Waals surface area contributed by atoms with Crippen LogP contribution in [0.2, 0.25) is 0 Å². The average Bonchev–Trinajstić information content (AvgIpc) is 2.79. The molecule has 0 saturated heterocycles. The lowest BCUT2D eigenvalue weighted by molar-refractivity contribution is -0.140. The first-order chi connectivity index (χ1) is 16.1. The van der Waals surface area contributed by atoms with E-state index in [0.29, 0.717) is 31.0 Å². The summed E-state index contributed by atoms with van der Waals surface area (Å²) in [4.78, 5) is 27.8. The first-order valence-corrected chi connectivity index (χ1v) is 13.3. The molecule has 2 aromatic carbocycles. The van der Waals surface area contributed by atoms with Gasteiger partial charge in [-0.15, -0.1) is 0 Å². The highest BCUT2D eigenvalue weighted by molar-refractivity contribution is 7.92. The van der Waals surface area contributed by atoms with E-state index in [0.717, 1.165) is 21.7 Å². The standard InChI is InChI=1S/C25H35N3O5S/c1-6-23(25(30)26-7-2)27(17-20-11-9-19(4)10-12-20)24(29)18-28(34(5,31)32)21-13-15-22(16-14-21)33-8-3/h9-16,23H,6-8,17-18H2,1-5H3,(H,26,30). The van der Waals surface area contributed by atoms with Crippen LogP contribution in [0, 0.1) is 6.92 Å². The van der Waals surface area contributed by atoms with Crippen molar-refractivity contribution >= 4 is 27.5 Å². The molecule has 1 unspecified atom stereocenters. The van der Waals surface area contributed by atoms with Crippen molar-refractivity contribution in [2.45, 2.75) is 46.7 Å². The summed E-state index contributed by atoms with van der Waals surface area (Å²) < 4.78 is 31.7. The number of carbonyl (C=O) groups excluding carboxylic acids is 2. The Labute approximate surface area is 202 Å². The van der Waals surface area contributed by atoms with Gasteiger partial charge in [-0.2, -0.15) is 0 Å². The Morgan fingerprint density at radius 3 is 2.12 bits per heavy atom. The zero-order chi connectivity index (χ0) is 25.3. The fourth-order valence-corrected chi connectivity index (χ4v) is 4.44. The summed E-state index contributed by atoms with van der Waals surface area (Å²) in [5.41, 5.74) is 2.28. The number of likely N-dealkylation sites (N-methyl/N-ethyl adjacent to an activating group) is 1. The summed E-state index contributed by atoms with van der Waals surface area (Å²) in [6, 6.07) is 13.5. The maximum Gasteiger partial charge on any atom is 0.244 e. The molecule has 0 aromatic heterocycles. The van der Waals surface area contributed by atoms with Crippen LogP contribution in [-0.2, 0) is 26.2 Å². The van der Waals surface area contributed by atoms with Crippen LogP contribution in [0.1, 0.15) is 38.3 Å².